The largest absolute Gasteiger partial charge is 0.494 e. The van der Waals surface area contributed by atoms with Crippen molar-refractivity contribution in [3.8, 4) is 0 Å². The summed E-state index contributed by atoms with van der Waals surface area (Å²) in [6, 6.07) is 19.7. The van der Waals surface area contributed by atoms with Gasteiger partial charge in [0.1, 0.15) is 0 Å². The monoisotopic (exact) mass is 342 g/mol. The molecule has 3 heteroatoms. The van der Waals surface area contributed by atoms with Crippen LogP contribution < -0.4 is 5.46 Å². The lowest BCUT2D eigenvalue weighted by Crippen LogP contribution is -2.58. The third-order valence-corrected chi connectivity index (χ3v) is 6.44. The summed E-state index contributed by atoms with van der Waals surface area (Å²) in [4.78, 5) is 0. The normalized spacial score (nSPS) is 19.6. The zero-order valence-electron chi connectivity index (χ0n) is 15.8. The van der Waals surface area contributed by atoms with Gasteiger partial charge in [-0.3, -0.25) is 0 Å². The topological polar surface area (TPSA) is 18.5 Å². The second-order valence-corrected chi connectivity index (χ2v) is 8.67. The van der Waals surface area contributed by atoms with Gasteiger partial charge in [-0.05, 0) is 51.6 Å². The molecule has 1 heterocycles. The standard InChI is InChI=1S/C23H23BO2/c1-22(2)14-25-24(26-23(22,3)4)19-13-11-17-9-8-15-6-5-7-16-10-12-18(19)21(17)20(15)16/h5-13H,14H2,1-4H3. The minimum atomic E-state index is -0.331. The van der Waals surface area contributed by atoms with Crippen LogP contribution in [-0.4, -0.2) is 19.3 Å². The predicted molar refractivity (Wildman–Crippen MR) is 110 cm³/mol. The van der Waals surface area contributed by atoms with Crippen LogP contribution in [0.25, 0.3) is 32.3 Å². The van der Waals surface area contributed by atoms with Crippen molar-refractivity contribution in [1.29, 1.82) is 0 Å². The summed E-state index contributed by atoms with van der Waals surface area (Å²) in [6.45, 7) is 9.42. The van der Waals surface area contributed by atoms with Crippen molar-refractivity contribution < 1.29 is 9.31 Å². The van der Waals surface area contributed by atoms with Crippen LogP contribution in [0.2, 0.25) is 0 Å². The van der Waals surface area contributed by atoms with Crippen molar-refractivity contribution in [2.45, 2.75) is 33.3 Å². The molecule has 1 aliphatic heterocycles. The highest BCUT2D eigenvalue weighted by Gasteiger charge is 2.47. The Morgan fingerprint density at radius 2 is 1.38 bits per heavy atom. The molecule has 0 atom stereocenters. The lowest BCUT2D eigenvalue weighted by Gasteiger charge is -2.47. The molecule has 0 saturated carbocycles. The van der Waals surface area contributed by atoms with E-state index in [0.29, 0.717) is 6.61 Å². The molecular formula is C23H23BO2. The van der Waals surface area contributed by atoms with Gasteiger partial charge in [0.25, 0.3) is 0 Å². The minimum absolute atomic E-state index is 0.0205. The van der Waals surface area contributed by atoms with Crippen molar-refractivity contribution in [1.82, 2.24) is 0 Å². The van der Waals surface area contributed by atoms with Crippen molar-refractivity contribution in [3.05, 3.63) is 54.6 Å². The third-order valence-electron chi connectivity index (χ3n) is 6.44. The molecule has 0 N–H and O–H groups in total. The van der Waals surface area contributed by atoms with Gasteiger partial charge in [-0.15, -0.1) is 0 Å². The van der Waals surface area contributed by atoms with Crippen LogP contribution in [0.5, 0.6) is 0 Å². The summed E-state index contributed by atoms with van der Waals surface area (Å²) in [5.41, 5.74) is 0.854. The fourth-order valence-electron chi connectivity index (χ4n) is 4.04. The first kappa shape index (κ1) is 16.1. The van der Waals surface area contributed by atoms with Crippen LogP contribution in [0, 0.1) is 5.41 Å². The van der Waals surface area contributed by atoms with Crippen molar-refractivity contribution in [2.24, 2.45) is 5.41 Å². The van der Waals surface area contributed by atoms with E-state index in [1.165, 1.54) is 32.3 Å². The Kier molecular flexibility index (Phi) is 3.23. The van der Waals surface area contributed by atoms with Gasteiger partial charge in [-0.2, -0.15) is 0 Å². The minimum Gasteiger partial charge on any atom is -0.407 e. The first-order valence-corrected chi connectivity index (χ1v) is 9.33. The number of hydrogen-bond donors (Lipinski definition) is 0. The predicted octanol–water partition coefficient (Wildman–Crippen LogP) is 5.13. The van der Waals surface area contributed by atoms with Crippen LogP contribution in [0.3, 0.4) is 0 Å². The molecule has 0 aliphatic carbocycles. The highest BCUT2D eigenvalue weighted by molar-refractivity contribution is 6.65. The van der Waals surface area contributed by atoms with E-state index in [4.69, 9.17) is 9.31 Å². The molecule has 0 bridgehead atoms. The Morgan fingerprint density at radius 1 is 0.769 bits per heavy atom. The van der Waals surface area contributed by atoms with Gasteiger partial charge in [-0.1, -0.05) is 68.4 Å². The molecule has 1 fully saturated rings. The number of rotatable bonds is 1. The van der Waals surface area contributed by atoms with Gasteiger partial charge in [0.05, 0.1) is 5.60 Å². The zero-order valence-corrected chi connectivity index (χ0v) is 15.8. The molecule has 5 rings (SSSR count). The summed E-state index contributed by atoms with van der Waals surface area (Å²) < 4.78 is 12.6. The van der Waals surface area contributed by atoms with E-state index in [-0.39, 0.29) is 18.1 Å². The fraction of sp³-hybridized carbons (Fsp3) is 0.304. The lowest BCUT2D eigenvalue weighted by atomic mass is 9.67. The van der Waals surface area contributed by atoms with Gasteiger partial charge < -0.3 is 9.31 Å². The van der Waals surface area contributed by atoms with Crippen LogP contribution in [-0.2, 0) is 9.31 Å². The Morgan fingerprint density at radius 3 is 2.08 bits per heavy atom. The van der Waals surface area contributed by atoms with Gasteiger partial charge in [-0.25, -0.2) is 0 Å². The maximum absolute atomic E-state index is 6.44. The summed E-state index contributed by atoms with van der Waals surface area (Å²) >= 11 is 0. The molecule has 26 heavy (non-hydrogen) atoms. The Hall–Kier alpha value is -2.10. The molecule has 0 amide bonds. The number of hydrogen-bond acceptors (Lipinski definition) is 2. The Balaban J connectivity index is 1.74. The fourth-order valence-corrected chi connectivity index (χ4v) is 4.04. The van der Waals surface area contributed by atoms with E-state index in [2.05, 4.69) is 82.3 Å². The molecule has 4 aromatic carbocycles. The highest BCUT2D eigenvalue weighted by Crippen LogP contribution is 2.39. The van der Waals surface area contributed by atoms with Crippen LogP contribution in [0.15, 0.2) is 54.6 Å². The van der Waals surface area contributed by atoms with Crippen molar-refractivity contribution in [2.75, 3.05) is 6.61 Å². The average Bonchev–Trinajstić information content (AvgIpc) is 2.62. The van der Waals surface area contributed by atoms with E-state index >= 15 is 0 Å². The maximum Gasteiger partial charge on any atom is 0.494 e. The van der Waals surface area contributed by atoms with Gasteiger partial charge >= 0.3 is 7.12 Å². The third kappa shape index (κ3) is 2.14. The lowest BCUT2D eigenvalue weighted by molar-refractivity contribution is -0.0936. The Labute approximate surface area is 154 Å². The molecule has 1 aliphatic rings. The maximum atomic E-state index is 6.44. The molecule has 4 aromatic rings. The van der Waals surface area contributed by atoms with Crippen LogP contribution in [0.4, 0.5) is 0 Å². The molecule has 0 aromatic heterocycles. The summed E-state index contributed by atoms with van der Waals surface area (Å²) in [7, 11) is -0.331. The molecule has 130 valence electrons. The molecule has 0 spiro atoms. The second kappa shape index (κ2) is 5.22. The summed E-state index contributed by atoms with van der Waals surface area (Å²) in [6.07, 6.45) is 0. The van der Waals surface area contributed by atoms with Crippen molar-refractivity contribution in [3.63, 3.8) is 0 Å². The Bertz CT molecular complexity index is 1110. The van der Waals surface area contributed by atoms with Gasteiger partial charge in [0.15, 0.2) is 0 Å². The van der Waals surface area contributed by atoms with Crippen LogP contribution in [0.1, 0.15) is 27.7 Å². The SMILES string of the molecule is CC1(C)COB(c2ccc3ccc4cccc5ccc2c3c45)OC1(C)C. The smallest absolute Gasteiger partial charge is 0.407 e. The first-order valence-electron chi connectivity index (χ1n) is 9.33. The quantitative estimate of drug-likeness (QED) is 0.353. The van der Waals surface area contributed by atoms with E-state index < -0.39 is 0 Å². The van der Waals surface area contributed by atoms with Gasteiger partial charge in [0, 0.05) is 12.0 Å². The summed E-state index contributed by atoms with van der Waals surface area (Å²) in [5, 5.41) is 7.71. The molecule has 0 unspecified atom stereocenters. The van der Waals surface area contributed by atoms with Gasteiger partial charge in [0.2, 0.25) is 0 Å². The number of benzene rings is 4. The van der Waals surface area contributed by atoms with E-state index in [0.717, 1.165) is 5.46 Å². The van der Waals surface area contributed by atoms with E-state index in [1.807, 2.05) is 0 Å². The van der Waals surface area contributed by atoms with Crippen molar-refractivity contribution >= 4 is 44.9 Å². The molecule has 2 nitrogen and oxygen atoms in total. The highest BCUT2D eigenvalue weighted by atomic mass is 16.6. The molecule has 1 saturated heterocycles. The van der Waals surface area contributed by atoms with E-state index in [1.54, 1.807) is 0 Å². The molecule has 0 radical (unpaired) electrons. The molecular weight excluding hydrogens is 319 g/mol. The van der Waals surface area contributed by atoms with Crippen LogP contribution >= 0.6 is 0 Å². The first-order chi connectivity index (χ1) is 12.4. The summed E-state index contributed by atoms with van der Waals surface area (Å²) in [5.74, 6) is 0. The van der Waals surface area contributed by atoms with E-state index in [9.17, 15) is 0 Å². The average molecular weight is 342 g/mol. The second-order valence-electron chi connectivity index (χ2n) is 8.67. The zero-order chi connectivity index (χ0) is 18.1.